The maximum atomic E-state index is 10.6. The summed E-state index contributed by atoms with van der Waals surface area (Å²) in [5.41, 5.74) is 0. The van der Waals surface area contributed by atoms with Crippen molar-refractivity contribution < 1.29 is 23.7 Å². The lowest BCUT2D eigenvalue weighted by Crippen LogP contribution is -2.67. The molecule has 0 bridgehead atoms. The number of aliphatic hydroxyl groups is 1. The van der Waals surface area contributed by atoms with Gasteiger partial charge in [-0.1, -0.05) is 88.4 Å². The van der Waals surface area contributed by atoms with E-state index in [-0.39, 0.29) is 11.1 Å². The van der Waals surface area contributed by atoms with E-state index in [1.54, 1.807) is 7.11 Å². The zero-order valence-electron chi connectivity index (χ0n) is 21.1. The van der Waals surface area contributed by atoms with Crippen LogP contribution in [0.4, 0.5) is 0 Å². The largest absolute Gasteiger partial charge is 0.405 e. The Kier molecular flexibility index (Phi) is 8.20. The molecule has 0 aromatic heterocycles. The zero-order valence-corrected chi connectivity index (χ0v) is 22.1. The van der Waals surface area contributed by atoms with Crippen LogP contribution >= 0.6 is 0 Å². The van der Waals surface area contributed by atoms with Gasteiger partial charge in [-0.15, -0.1) is 0 Å². The van der Waals surface area contributed by atoms with Crippen molar-refractivity contribution in [1.82, 2.24) is 0 Å². The molecule has 5 nitrogen and oxygen atoms in total. The van der Waals surface area contributed by atoms with E-state index in [0.29, 0.717) is 13.0 Å². The van der Waals surface area contributed by atoms with Crippen LogP contribution in [0, 0.1) is 0 Å². The zero-order chi connectivity index (χ0) is 24.3. The molecule has 1 N–H and O–H groups in total. The van der Waals surface area contributed by atoms with Gasteiger partial charge in [0.2, 0.25) is 0 Å². The average Bonchev–Trinajstić information content (AvgIpc) is 3.09. The van der Waals surface area contributed by atoms with Crippen molar-refractivity contribution in [1.29, 1.82) is 0 Å². The van der Waals surface area contributed by atoms with Gasteiger partial charge in [0.1, 0.15) is 18.3 Å². The predicted molar refractivity (Wildman–Crippen MR) is 134 cm³/mol. The minimum atomic E-state index is -2.71. The Morgan fingerprint density at radius 1 is 0.970 bits per heavy atom. The third-order valence-corrected chi connectivity index (χ3v) is 11.5. The maximum absolute atomic E-state index is 10.6. The quantitative estimate of drug-likeness (QED) is 0.562. The summed E-state index contributed by atoms with van der Waals surface area (Å²) in [5.74, 6) is -0.783. The van der Waals surface area contributed by atoms with E-state index in [0.717, 1.165) is 0 Å². The van der Waals surface area contributed by atoms with Crippen LogP contribution in [0.15, 0.2) is 60.7 Å². The van der Waals surface area contributed by atoms with E-state index in [4.69, 9.17) is 18.6 Å². The first kappa shape index (κ1) is 26.1. The molecule has 182 valence electrons. The highest BCUT2D eigenvalue weighted by molar-refractivity contribution is 6.99. The Morgan fingerprint density at radius 2 is 1.48 bits per heavy atom. The Morgan fingerprint density at radius 3 is 1.91 bits per heavy atom. The molecule has 1 aliphatic heterocycles. The van der Waals surface area contributed by atoms with Gasteiger partial charge in [0.05, 0.1) is 12.7 Å². The van der Waals surface area contributed by atoms with Gasteiger partial charge >= 0.3 is 0 Å². The summed E-state index contributed by atoms with van der Waals surface area (Å²) in [5, 5.41) is 12.9. The lowest BCUT2D eigenvalue weighted by Gasteiger charge is -2.43. The van der Waals surface area contributed by atoms with Gasteiger partial charge in [0, 0.05) is 7.11 Å². The van der Waals surface area contributed by atoms with Crippen molar-refractivity contribution in [2.24, 2.45) is 0 Å². The van der Waals surface area contributed by atoms with Crippen LogP contribution in [0.5, 0.6) is 0 Å². The molecule has 6 heteroatoms. The van der Waals surface area contributed by atoms with Crippen LogP contribution in [-0.2, 0) is 18.6 Å². The molecule has 0 radical (unpaired) electrons. The van der Waals surface area contributed by atoms with E-state index < -0.39 is 32.4 Å². The standard InChI is InChI=1S/C27H40O5Si/c1-8-22(28)24(29-7)25-23(31-27(5,6)32-25)19-30-33(26(2,3)4,20-15-11-9-12-16-20)21-17-13-10-14-18-21/h9-18,22-25,28H,8,19H2,1-7H3/t22-,23+,24+,25+/m1/s1. The van der Waals surface area contributed by atoms with E-state index in [1.165, 1.54) is 10.4 Å². The predicted octanol–water partition coefficient (Wildman–Crippen LogP) is 3.87. The molecule has 3 rings (SSSR count). The highest BCUT2D eigenvalue weighted by atomic mass is 28.4. The van der Waals surface area contributed by atoms with Gasteiger partial charge in [-0.3, -0.25) is 0 Å². The molecule has 2 aromatic carbocycles. The number of aliphatic hydroxyl groups excluding tert-OH is 1. The fourth-order valence-electron chi connectivity index (χ4n) is 4.98. The molecule has 0 unspecified atom stereocenters. The number of hydrogen-bond donors (Lipinski definition) is 1. The molecule has 0 saturated carbocycles. The molecule has 1 saturated heterocycles. The van der Waals surface area contributed by atoms with Gasteiger partial charge in [-0.05, 0) is 35.7 Å². The van der Waals surface area contributed by atoms with Crippen LogP contribution in [-0.4, -0.2) is 57.3 Å². The molecule has 2 aromatic rings. The van der Waals surface area contributed by atoms with Crippen LogP contribution in [0.2, 0.25) is 5.04 Å². The summed E-state index contributed by atoms with van der Waals surface area (Å²) >= 11 is 0. The second kappa shape index (κ2) is 10.4. The molecular formula is C27H40O5Si. The van der Waals surface area contributed by atoms with E-state index in [2.05, 4.69) is 69.3 Å². The number of ether oxygens (including phenoxy) is 3. The van der Waals surface area contributed by atoms with Crippen LogP contribution in [0.3, 0.4) is 0 Å². The third kappa shape index (κ3) is 5.42. The number of rotatable bonds is 9. The van der Waals surface area contributed by atoms with E-state index >= 15 is 0 Å². The maximum Gasteiger partial charge on any atom is 0.261 e. The average molecular weight is 473 g/mol. The first-order valence-electron chi connectivity index (χ1n) is 11.9. The van der Waals surface area contributed by atoms with E-state index in [9.17, 15) is 5.11 Å². The fourth-order valence-corrected chi connectivity index (χ4v) is 9.55. The Balaban J connectivity index is 2.01. The van der Waals surface area contributed by atoms with Crippen molar-refractivity contribution in [3.8, 4) is 0 Å². The SMILES string of the molecule is CC[C@@H](O)[C@H](OC)[C@H]1OC(C)(C)O[C@H]1CO[Si](c1ccccc1)(c1ccccc1)C(C)(C)C. The van der Waals surface area contributed by atoms with Gasteiger partial charge in [0.25, 0.3) is 8.32 Å². The summed E-state index contributed by atoms with van der Waals surface area (Å²) in [6, 6.07) is 21.1. The highest BCUT2D eigenvalue weighted by Gasteiger charge is 2.53. The summed E-state index contributed by atoms with van der Waals surface area (Å²) in [6.07, 6.45) is -1.37. The van der Waals surface area contributed by atoms with Crippen LogP contribution < -0.4 is 10.4 Å². The number of methoxy groups -OCH3 is 1. The van der Waals surface area contributed by atoms with Crippen molar-refractivity contribution in [3.05, 3.63) is 60.7 Å². The molecule has 0 aliphatic carbocycles. The Hall–Kier alpha value is -1.54. The second-order valence-electron chi connectivity index (χ2n) is 10.3. The lowest BCUT2D eigenvalue weighted by molar-refractivity contribution is -0.166. The molecular weight excluding hydrogens is 432 g/mol. The second-order valence-corrected chi connectivity index (χ2v) is 14.6. The minimum absolute atomic E-state index is 0.135. The van der Waals surface area contributed by atoms with Gasteiger partial charge < -0.3 is 23.7 Å². The molecule has 0 amide bonds. The molecule has 1 heterocycles. The molecule has 0 spiro atoms. The number of hydrogen-bond acceptors (Lipinski definition) is 5. The van der Waals surface area contributed by atoms with Crippen molar-refractivity contribution in [2.45, 2.75) is 83.2 Å². The van der Waals surface area contributed by atoms with Crippen molar-refractivity contribution >= 4 is 18.7 Å². The summed E-state index contributed by atoms with van der Waals surface area (Å²) in [6.45, 7) is 12.8. The smallest absolute Gasteiger partial charge is 0.261 e. The van der Waals surface area contributed by atoms with Crippen molar-refractivity contribution in [2.75, 3.05) is 13.7 Å². The van der Waals surface area contributed by atoms with Crippen LogP contribution in [0.1, 0.15) is 48.0 Å². The lowest BCUT2D eigenvalue weighted by atomic mass is 10.0. The topological polar surface area (TPSA) is 57.2 Å². The molecule has 33 heavy (non-hydrogen) atoms. The van der Waals surface area contributed by atoms with Crippen molar-refractivity contribution in [3.63, 3.8) is 0 Å². The van der Waals surface area contributed by atoms with Gasteiger partial charge in [-0.25, -0.2) is 0 Å². The Bertz CT molecular complexity index is 826. The normalized spacial score (nSPS) is 22.8. The third-order valence-electron chi connectivity index (χ3n) is 6.50. The first-order chi connectivity index (χ1) is 15.6. The summed E-state index contributed by atoms with van der Waals surface area (Å²) in [7, 11) is -1.10. The van der Waals surface area contributed by atoms with E-state index in [1.807, 2.05) is 32.9 Å². The summed E-state index contributed by atoms with van der Waals surface area (Å²) < 4.78 is 25.3. The van der Waals surface area contributed by atoms with Gasteiger partial charge in [0.15, 0.2) is 5.79 Å². The Labute approximate surface area is 200 Å². The fraction of sp³-hybridized carbons (Fsp3) is 0.556. The minimum Gasteiger partial charge on any atom is -0.405 e. The molecule has 4 atom stereocenters. The first-order valence-corrected chi connectivity index (χ1v) is 13.8. The highest BCUT2D eigenvalue weighted by Crippen LogP contribution is 2.38. The number of benzene rings is 2. The molecule has 1 aliphatic rings. The van der Waals surface area contributed by atoms with Gasteiger partial charge in [-0.2, -0.15) is 0 Å². The van der Waals surface area contributed by atoms with Crippen LogP contribution in [0.25, 0.3) is 0 Å². The monoisotopic (exact) mass is 472 g/mol. The summed E-state index contributed by atoms with van der Waals surface area (Å²) in [4.78, 5) is 0. The molecule has 1 fully saturated rings.